The second-order valence-electron chi connectivity index (χ2n) is 5.17. The van der Waals surface area contributed by atoms with Crippen LogP contribution in [0.25, 0.3) is 10.8 Å². The summed E-state index contributed by atoms with van der Waals surface area (Å²) >= 11 is 0. The average molecular weight is 259 g/mol. The van der Waals surface area contributed by atoms with Crippen LogP contribution in [0.5, 0.6) is 0 Å². The molecule has 3 rings (SSSR count). The van der Waals surface area contributed by atoms with Gasteiger partial charge in [0.25, 0.3) is 0 Å². The molecule has 1 saturated heterocycles. The number of hydrogen-bond donors (Lipinski definition) is 2. The van der Waals surface area contributed by atoms with Crippen molar-refractivity contribution in [2.75, 3.05) is 18.4 Å². The fourth-order valence-corrected chi connectivity index (χ4v) is 2.76. The zero-order valence-electron chi connectivity index (χ0n) is 11.0. The van der Waals surface area contributed by atoms with Gasteiger partial charge in [-0.25, -0.2) is 9.37 Å². The second-order valence-corrected chi connectivity index (χ2v) is 5.17. The summed E-state index contributed by atoms with van der Waals surface area (Å²) in [5.41, 5.74) is 0.925. The van der Waals surface area contributed by atoms with Crippen LogP contribution in [-0.2, 0) is 0 Å². The van der Waals surface area contributed by atoms with Crippen LogP contribution in [0.4, 0.5) is 10.2 Å². The van der Waals surface area contributed by atoms with Gasteiger partial charge in [-0.15, -0.1) is 0 Å². The average Bonchev–Trinajstić information content (AvgIpc) is 2.39. The fourth-order valence-electron chi connectivity index (χ4n) is 2.76. The van der Waals surface area contributed by atoms with E-state index in [1.54, 1.807) is 18.3 Å². The lowest BCUT2D eigenvalue weighted by molar-refractivity contribution is 0.479. The summed E-state index contributed by atoms with van der Waals surface area (Å²) in [4.78, 5) is 4.43. The highest BCUT2D eigenvalue weighted by molar-refractivity contribution is 5.94. The molecule has 0 spiro atoms. The van der Waals surface area contributed by atoms with Gasteiger partial charge in [-0.05, 0) is 55.5 Å². The van der Waals surface area contributed by atoms with E-state index < -0.39 is 0 Å². The number of anilines is 1. The lowest BCUT2D eigenvalue weighted by Crippen LogP contribution is -2.38. The van der Waals surface area contributed by atoms with E-state index in [4.69, 9.17) is 0 Å². The van der Waals surface area contributed by atoms with Crippen LogP contribution in [0.15, 0.2) is 24.4 Å². The number of nitrogens with zero attached hydrogens (tertiary/aromatic N) is 1. The zero-order valence-corrected chi connectivity index (χ0v) is 11.0. The summed E-state index contributed by atoms with van der Waals surface area (Å²) in [7, 11) is 0. The summed E-state index contributed by atoms with van der Waals surface area (Å²) in [6, 6.07) is 5.38. The van der Waals surface area contributed by atoms with Crippen molar-refractivity contribution in [2.45, 2.75) is 25.8 Å². The number of piperidine rings is 1. The zero-order chi connectivity index (χ0) is 13.2. The molecule has 2 aromatic rings. The number of halogens is 1. The Hall–Kier alpha value is -1.68. The number of pyridine rings is 1. The predicted molar refractivity (Wildman–Crippen MR) is 76.0 cm³/mol. The van der Waals surface area contributed by atoms with E-state index in [9.17, 15) is 4.39 Å². The molecular weight excluding hydrogens is 241 g/mol. The van der Waals surface area contributed by atoms with Gasteiger partial charge in [-0.3, -0.25) is 0 Å². The molecule has 2 heterocycles. The molecule has 0 aliphatic carbocycles. The van der Waals surface area contributed by atoms with Crippen LogP contribution in [-0.4, -0.2) is 24.1 Å². The standard InChI is InChI=1S/C15H18FN3/c1-10-7-12(16)8-11-4-6-18-15(14(10)11)19-13-3-2-5-17-9-13/h4,6-8,13,17H,2-3,5,9H2,1H3,(H,18,19)/t13-/m1/s1. The van der Waals surface area contributed by atoms with Crippen molar-refractivity contribution in [3.63, 3.8) is 0 Å². The van der Waals surface area contributed by atoms with E-state index in [0.717, 1.165) is 41.7 Å². The minimum Gasteiger partial charge on any atom is -0.366 e. The maximum absolute atomic E-state index is 13.4. The van der Waals surface area contributed by atoms with Gasteiger partial charge in [-0.2, -0.15) is 0 Å². The Kier molecular flexibility index (Phi) is 3.34. The first-order valence-corrected chi connectivity index (χ1v) is 6.76. The molecule has 1 aliphatic heterocycles. The van der Waals surface area contributed by atoms with E-state index in [-0.39, 0.29) is 5.82 Å². The van der Waals surface area contributed by atoms with Crippen LogP contribution in [0.2, 0.25) is 0 Å². The Morgan fingerprint density at radius 1 is 1.42 bits per heavy atom. The van der Waals surface area contributed by atoms with Gasteiger partial charge in [0.05, 0.1) is 0 Å². The van der Waals surface area contributed by atoms with Crippen molar-refractivity contribution in [3.8, 4) is 0 Å². The minimum absolute atomic E-state index is 0.193. The largest absolute Gasteiger partial charge is 0.366 e. The summed E-state index contributed by atoms with van der Waals surface area (Å²) in [5.74, 6) is 0.671. The molecule has 1 aliphatic rings. The predicted octanol–water partition coefficient (Wildman–Crippen LogP) is 2.85. The molecular formula is C15H18FN3. The molecule has 1 aromatic heterocycles. The Morgan fingerprint density at radius 2 is 2.32 bits per heavy atom. The molecule has 1 aromatic carbocycles. The Morgan fingerprint density at radius 3 is 3.11 bits per heavy atom. The van der Waals surface area contributed by atoms with Gasteiger partial charge in [0.15, 0.2) is 0 Å². The number of nitrogens with one attached hydrogen (secondary N) is 2. The highest BCUT2D eigenvalue weighted by atomic mass is 19.1. The van der Waals surface area contributed by atoms with Crippen LogP contribution >= 0.6 is 0 Å². The molecule has 0 radical (unpaired) electrons. The van der Waals surface area contributed by atoms with Crippen molar-refractivity contribution in [1.29, 1.82) is 0 Å². The van der Waals surface area contributed by atoms with Crippen molar-refractivity contribution in [2.24, 2.45) is 0 Å². The van der Waals surface area contributed by atoms with Gasteiger partial charge in [0.1, 0.15) is 11.6 Å². The van der Waals surface area contributed by atoms with Crippen LogP contribution < -0.4 is 10.6 Å². The number of aryl methyl sites for hydroxylation is 1. The molecule has 1 fully saturated rings. The van der Waals surface area contributed by atoms with Gasteiger partial charge in [-0.1, -0.05) is 0 Å². The van der Waals surface area contributed by atoms with E-state index >= 15 is 0 Å². The van der Waals surface area contributed by atoms with Gasteiger partial charge < -0.3 is 10.6 Å². The maximum atomic E-state index is 13.4. The molecule has 100 valence electrons. The van der Waals surface area contributed by atoms with Crippen LogP contribution in [0, 0.1) is 12.7 Å². The third-order valence-corrected chi connectivity index (χ3v) is 3.66. The molecule has 3 nitrogen and oxygen atoms in total. The quantitative estimate of drug-likeness (QED) is 0.870. The molecule has 0 bridgehead atoms. The Balaban J connectivity index is 1.98. The number of fused-ring (bicyclic) bond motifs is 1. The van der Waals surface area contributed by atoms with E-state index in [1.807, 2.05) is 13.0 Å². The summed E-state index contributed by atoms with van der Waals surface area (Å²) in [6.45, 7) is 3.97. The Labute approximate surface area is 112 Å². The first-order chi connectivity index (χ1) is 9.24. The topological polar surface area (TPSA) is 37.0 Å². The fraction of sp³-hybridized carbons (Fsp3) is 0.400. The third kappa shape index (κ3) is 2.54. The van der Waals surface area contributed by atoms with Gasteiger partial charge in [0, 0.05) is 24.2 Å². The van der Waals surface area contributed by atoms with E-state index in [2.05, 4.69) is 15.6 Å². The molecule has 0 unspecified atom stereocenters. The monoisotopic (exact) mass is 259 g/mol. The smallest absolute Gasteiger partial charge is 0.134 e. The van der Waals surface area contributed by atoms with Crippen molar-refractivity contribution in [1.82, 2.24) is 10.3 Å². The number of rotatable bonds is 2. The van der Waals surface area contributed by atoms with Crippen molar-refractivity contribution in [3.05, 3.63) is 35.8 Å². The highest BCUT2D eigenvalue weighted by Crippen LogP contribution is 2.26. The first-order valence-electron chi connectivity index (χ1n) is 6.76. The molecule has 2 N–H and O–H groups in total. The minimum atomic E-state index is -0.193. The SMILES string of the molecule is Cc1cc(F)cc2ccnc(N[C@@H]3CCCNC3)c12. The summed E-state index contributed by atoms with van der Waals surface area (Å²) in [6.07, 6.45) is 4.06. The third-order valence-electron chi connectivity index (χ3n) is 3.66. The molecule has 4 heteroatoms. The molecule has 1 atom stereocenters. The highest BCUT2D eigenvalue weighted by Gasteiger charge is 2.15. The number of hydrogen-bond acceptors (Lipinski definition) is 3. The first kappa shape index (κ1) is 12.4. The van der Waals surface area contributed by atoms with Crippen molar-refractivity contribution < 1.29 is 4.39 Å². The normalized spacial score (nSPS) is 19.6. The summed E-state index contributed by atoms with van der Waals surface area (Å²) in [5, 5.41) is 8.79. The van der Waals surface area contributed by atoms with Gasteiger partial charge >= 0.3 is 0 Å². The number of benzene rings is 1. The van der Waals surface area contributed by atoms with E-state index in [0.29, 0.717) is 6.04 Å². The van der Waals surface area contributed by atoms with E-state index in [1.165, 1.54) is 6.42 Å². The lowest BCUT2D eigenvalue weighted by Gasteiger charge is -2.25. The molecule has 19 heavy (non-hydrogen) atoms. The van der Waals surface area contributed by atoms with Crippen LogP contribution in [0.3, 0.4) is 0 Å². The number of aromatic nitrogens is 1. The lowest BCUT2D eigenvalue weighted by atomic mass is 10.0. The second kappa shape index (κ2) is 5.13. The van der Waals surface area contributed by atoms with Gasteiger partial charge in [0.2, 0.25) is 0 Å². The van der Waals surface area contributed by atoms with Crippen molar-refractivity contribution >= 4 is 16.6 Å². The molecule has 0 saturated carbocycles. The Bertz CT molecular complexity index is 591. The van der Waals surface area contributed by atoms with Crippen LogP contribution in [0.1, 0.15) is 18.4 Å². The maximum Gasteiger partial charge on any atom is 0.134 e. The molecule has 0 amide bonds. The summed E-state index contributed by atoms with van der Waals surface area (Å²) < 4.78 is 13.4.